The number of hydrogen-bond donors (Lipinski definition) is 2. The van der Waals surface area contributed by atoms with Crippen LogP contribution in [-0.2, 0) is 4.74 Å². The molecule has 1 aliphatic rings. The maximum Gasteiger partial charge on any atom is 0.229 e. The number of ether oxygens (including phenoxy) is 1. The smallest absolute Gasteiger partial charge is 0.229 e. The van der Waals surface area contributed by atoms with Gasteiger partial charge in [-0.25, -0.2) is 9.37 Å². The van der Waals surface area contributed by atoms with Crippen molar-refractivity contribution in [3.05, 3.63) is 27.5 Å². The first-order valence-corrected chi connectivity index (χ1v) is 6.71. The zero-order valence-corrected chi connectivity index (χ0v) is 11.9. The summed E-state index contributed by atoms with van der Waals surface area (Å²) < 4.78 is 19.5. The van der Waals surface area contributed by atoms with Gasteiger partial charge in [-0.05, 0) is 23.7 Å². The quantitative estimate of drug-likeness (QED) is 0.836. The van der Waals surface area contributed by atoms with Crippen molar-refractivity contribution < 1.29 is 19.3 Å². The molecule has 1 aromatic carbocycles. The molecule has 0 amide bonds. The van der Waals surface area contributed by atoms with Crippen molar-refractivity contribution in [3.8, 4) is 0 Å². The van der Waals surface area contributed by atoms with Gasteiger partial charge in [0.1, 0.15) is 12.2 Å². The molecule has 2 heterocycles. The molecule has 20 heavy (non-hydrogen) atoms. The Morgan fingerprint density at radius 1 is 1.15 bits per heavy atom. The van der Waals surface area contributed by atoms with Crippen molar-refractivity contribution in [1.82, 2.24) is 9.55 Å². The number of aromatic nitrogens is 2. The molecule has 1 aromatic heterocycles. The lowest BCUT2D eigenvalue weighted by molar-refractivity contribution is -0.0920. The third-order valence-electron chi connectivity index (χ3n) is 3.12. The Bertz CT molecular complexity index is 680. The van der Waals surface area contributed by atoms with E-state index in [1.807, 2.05) is 0 Å². The molecule has 3 rings (SSSR count). The summed E-state index contributed by atoms with van der Waals surface area (Å²) in [7, 11) is 0. The van der Waals surface area contributed by atoms with Gasteiger partial charge in [-0.2, -0.15) is 0 Å². The number of fused-ring (bicyclic) bond motifs is 1. The maximum atomic E-state index is 13.3. The molecule has 0 saturated carbocycles. The van der Waals surface area contributed by atoms with Crippen molar-refractivity contribution in [2.75, 3.05) is 0 Å². The van der Waals surface area contributed by atoms with Crippen LogP contribution < -0.4 is 0 Å². The van der Waals surface area contributed by atoms with E-state index < -0.39 is 24.8 Å². The van der Waals surface area contributed by atoms with E-state index in [1.54, 1.807) is 0 Å². The minimum Gasteiger partial charge on any atom is -0.385 e. The van der Waals surface area contributed by atoms with Crippen molar-refractivity contribution in [2.45, 2.75) is 24.8 Å². The van der Waals surface area contributed by atoms with Gasteiger partial charge in [-0.1, -0.05) is 23.2 Å². The minimum atomic E-state index is -2.01. The van der Waals surface area contributed by atoms with E-state index in [4.69, 9.17) is 39.5 Å². The number of imidazole rings is 1. The standard InChI is InChI=1S/C11H8Cl3FN2O3/c12-3-1-5-6(2-4(3)13)17(11(14)16-5)10-8(19)7(18)9(15)20-10/h1-2,7-10,18-19H. The Morgan fingerprint density at radius 3 is 2.40 bits per heavy atom. The largest absolute Gasteiger partial charge is 0.385 e. The van der Waals surface area contributed by atoms with Crippen LogP contribution in [0, 0.1) is 0 Å². The molecule has 5 nitrogen and oxygen atoms in total. The lowest BCUT2D eigenvalue weighted by Gasteiger charge is -2.17. The van der Waals surface area contributed by atoms with E-state index >= 15 is 0 Å². The Labute approximate surface area is 127 Å². The predicted molar refractivity (Wildman–Crippen MR) is 71.8 cm³/mol. The molecule has 108 valence electrons. The third kappa shape index (κ3) is 2.07. The average molecular weight is 342 g/mol. The summed E-state index contributed by atoms with van der Waals surface area (Å²) >= 11 is 17.8. The van der Waals surface area contributed by atoms with Crippen molar-refractivity contribution in [3.63, 3.8) is 0 Å². The highest BCUT2D eigenvalue weighted by Crippen LogP contribution is 2.37. The Hall–Kier alpha value is -0.630. The molecule has 0 spiro atoms. The molecule has 2 aromatic rings. The second-order valence-corrected chi connectivity index (χ2v) is 5.52. The Morgan fingerprint density at radius 2 is 1.80 bits per heavy atom. The van der Waals surface area contributed by atoms with Crippen LogP contribution in [-0.4, -0.2) is 38.3 Å². The molecule has 2 N–H and O–H groups in total. The van der Waals surface area contributed by atoms with E-state index in [-0.39, 0.29) is 15.3 Å². The first-order valence-electron chi connectivity index (χ1n) is 5.58. The van der Waals surface area contributed by atoms with Gasteiger partial charge in [0.05, 0.1) is 21.1 Å². The van der Waals surface area contributed by atoms with Crippen molar-refractivity contribution in [2.24, 2.45) is 0 Å². The summed E-state index contributed by atoms with van der Waals surface area (Å²) in [6, 6.07) is 2.97. The SMILES string of the molecule is OC1C(F)OC(n2c(Cl)nc3cc(Cl)c(Cl)cc32)C1O. The van der Waals surface area contributed by atoms with E-state index in [0.29, 0.717) is 11.0 Å². The second kappa shape index (κ2) is 4.98. The van der Waals surface area contributed by atoms with Gasteiger partial charge in [0.25, 0.3) is 0 Å². The van der Waals surface area contributed by atoms with Gasteiger partial charge in [-0.3, -0.25) is 4.57 Å². The summed E-state index contributed by atoms with van der Waals surface area (Å²) in [5, 5.41) is 19.8. The zero-order valence-electron chi connectivity index (χ0n) is 9.67. The fourth-order valence-corrected chi connectivity index (χ4v) is 2.73. The molecular formula is C11H8Cl3FN2O3. The molecular weight excluding hydrogens is 333 g/mol. The lowest BCUT2D eigenvalue weighted by Crippen LogP contribution is -2.30. The summed E-state index contributed by atoms with van der Waals surface area (Å²) in [5.41, 5.74) is 0.826. The minimum absolute atomic E-state index is 0.0383. The topological polar surface area (TPSA) is 67.5 Å². The average Bonchev–Trinajstić information content (AvgIpc) is 2.81. The highest BCUT2D eigenvalue weighted by atomic mass is 35.5. The number of alkyl halides is 1. The molecule has 4 unspecified atom stereocenters. The summed E-state index contributed by atoms with van der Waals surface area (Å²) in [5.74, 6) is 0. The molecule has 0 radical (unpaired) electrons. The highest BCUT2D eigenvalue weighted by molar-refractivity contribution is 6.42. The molecule has 0 bridgehead atoms. The highest BCUT2D eigenvalue weighted by Gasteiger charge is 2.45. The fourth-order valence-electron chi connectivity index (χ4n) is 2.13. The van der Waals surface area contributed by atoms with Gasteiger partial charge < -0.3 is 14.9 Å². The van der Waals surface area contributed by atoms with Gasteiger partial charge in [0.2, 0.25) is 11.6 Å². The summed E-state index contributed by atoms with van der Waals surface area (Å²) in [6.07, 6.45) is -6.34. The van der Waals surface area contributed by atoms with Crippen LogP contribution in [0.2, 0.25) is 15.3 Å². The first kappa shape index (κ1) is 14.3. The third-order valence-corrected chi connectivity index (χ3v) is 4.11. The Kier molecular flexibility index (Phi) is 3.56. The molecule has 9 heteroatoms. The number of halogens is 4. The van der Waals surface area contributed by atoms with Crippen LogP contribution in [0.3, 0.4) is 0 Å². The fraction of sp³-hybridized carbons (Fsp3) is 0.364. The van der Waals surface area contributed by atoms with E-state index in [0.717, 1.165) is 0 Å². The van der Waals surface area contributed by atoms with E-state index in [9.17, 15) is 14.6 Å². The number of rotatable bonds is 1. The van der Waals surface area contributed by atoms with Crippen LogP contribution >= 0.6 is 34.8 Å². The molecule has 0 aliphatic carbocycles. The van der Waals surface area contributed by atoms with Crippen LogP contribution in [0.1, 0.15) is 6.23 Å². The normalized spacial score (nSPS) is 30.3. The van der Waals surface area contributed by atoms with Crippen LogP contribution in [0.15, 0.2) is 12.1 Å². The maximum absolute atomic E-state index is 13.3. The lowest BCUT2D eigenvalue weighted by atomic mass is 10.2. The van der Waals surface area contributed by atoms with Gasteiger partial charge in [-0.15, -0.1) is 0 Å². The van der Waals surface area contributed by atoms with Gasteiger partial charge in [0, 0.05) is 0 Å². The van der Waals surface area contributed by atoms with Crippen LogP contribution in [0.25, 0.3) is 11.0 Å². The van der Waals surface area contributed by atoms with Crippen molar-refractivity contribution >= 4 is 45.8 Å². The van der Waals surface area contributed by atoms with E-state index in [2.05, 4.69) is 4.98 Å². The molecule has 1 saturated heterocycles. The summed E-state index contributed by atoms with van der Waals surface area (Å²) in [4.78, 5) is 4.03. The van der Waals surface area contributed by atoms with Crippen LogP contribution in [0.5, 0.6) is 0 Å². The van der Waals surface area contributed by atoms with Crippen LogP contribution in [0.4, 0.5) is 4.39 Å². The molecule has 1 fully saturated rings. The van der Waals surface area contributed by atoms with Crippen molar-refractivity contribution in [1.29, 1.82) is 0 Å². The number of nitrogens with zero attached hydrogens (tertiary/aromatic N) is 2. The summed E-state index contributed by atoms with van der Waals surface area (Å²) in [6.45, 7) is 0. The van der Waals surface area contributed by atoms with Gasteiger partial charge in [0.15, 0.2) is 6.23 Å². The number of aliphatic hydroxyl groups is 2. The second-order valence-electron chi connectivity index (χ2n) is 4.36. The number of aliphatic hydroxyl groups excluding tert-OH is 2. The molecule has 4 atom stereocenters. The van der Waals surface area contributed by atoms with E-state index in [1.165, 1.54) is 16.7 Å². The van der Waals surface area contributed by atoms with Gasteiger partial charge >= 0.3 is 0 Å². The first-order chi connectivity index (χ1) is 9.40. The zero-order chi connectivity index (χ0) is 14.6. The number of hydrogen-bond acceptors (Lipinski definition) is 4. The predicted octanol–water partition coefficient (Wildman–Crippen LogP) is 2.54. The molecule has 1 aliphatic heterocycles. The number of benzene rings is 1. The monoisotopic (exact) mass is 340 g/mol. The Balaban J connectivity index is 2.17.